The highest BCUT2D eigenvalue weighted by molar-refractivity contribution is 9.10. The zero-order chi connectivity index (χ0) is 14.9. The summed E-state index contributed by atoms with van der Waals surface area (Å²) in [4.78, 5) is 14.9. The molecular weight excluding hydrogens is 360 g/mol. The Morgan fingerprint density at radius 3 is 2.65 bits per heavy atom. The highest BCUT2D eigenvalue weighted by atomic mass is 79.9. The number of pyridine rings is 1. The third-order valence-corrected chi connectivity index (χ3v) is 3.26. The summed E-state index contributed by atoms with van der Waals surface area (Å²) in [6, 6.07) is 3.06. The maximum atomic E-state index is 13.4. The summed E-state index contributed by atoms with van der Waals surface area (Å²) in [5.74, 6) is -4.31. The molecule has 1 aromatic heterocycles. The van der Waals surface area contributed by atoms with E-state index in [2.05, 4.69) is 26.2 Å². The number of nitrogens with zero attached hydrogens (tertiary/aromatic N) is 1. The van der Waals surface area contributed by atoms with Crippen molar-refractivity contribution in [1.29, 1.82) is 0 Å². The van der Waals surface area contributed by atoms with E-state index in [-0.39, 0.29) is 15.2 Å². The fraction of sp³-hybridized carbons (Fsp3) is 0. The topological polar surface area (TPSA) is 42.0 Å². The molecule has 0 saturated heterocycles. The van der Waals surface area contributed by atoms with Gasteiger partial charge in [-0.1, -0.05) is 11.6 Å². The van der Waals surface area contributed by atoms with Crippen LogP contribution in [0.3, 0.4) is 0 Å². The van der Waals surface area contributed by atoms with Crippen LogP contribution in [0, 0.1) is 17.6 Å². The number of hydrogen-bond donors (Lipinski definition) is 1. The zero-order valence-corrected chi connectivity index (χ0v) is 11.9. The second-order valence-corrected chi connectivity index (χ2v) is 4.92. The lowest BCUT2D eigenvalue weighted by Gasteiger charge is -2.10. The van der Waals surface area contributed by atoms with Crippen molar-refractivity contribution >= 4 is 39.1 Å². The average molecular weight is 366 g/mol. The number of benzene rings is 1. The van der Waals surface area contributed by atoms with Crippen LogP contribution in [-0.2, 0) is 0 Å². The van der Waals surface area contributed by atoms with Crippen LogP contribution >= 0.6 is 27.5 Å². The number of anilines is 1. The van der Waals surface area contributed by atoms with Crippen LogP contribution in [0.2, 0.25) is 5.02 Å². The number of nitrogens with one attached hydrogen (secondary N) is 1. The molecule has 2 rings (SSSR count). The van der Waals surface area contributed by atoms with E-state index in [1.165, 1.54) is 0 Å². The lowest BCUT2D eigenvalue weighted by molar-refractivity contribution is 0.102. The summed E-state index contributed by atoms with van der Waals surface area (Å²) in [7, 11) is 0. The van der Waals surface area contributed by atoms with Gasteiger partial charge in [0.25, 0.3) is 5.91 Å². The molecule has 0 bridgehead atoms. The van der Waals surface area contributed by atoms with Gasteiger partial charge in [0, 0.05) is 10.7 Å². The average Bonchev–Trinajstić information content (AvgIpc) is 2.36. The summed E-state index contributed by atoms with van der Waals surface area (Å²) in [6.07, 6.45) is 0.953. The Kier molecular flexibility index (Phi) is 4.29. The summed E-state index contributed by atoms with van der Waals surface area (Å²) in [5.41, 5.74) is -0.487. The van der Waals surface area contributed by atoms with E-state index in [4.69, 9.17) is 11.6 Å². The maximum Gasteiger partial charge on any atom is 0.258 e. The van der Waals surface area contributed by atoms with Gasteiger partial charge in [-0.25, -0.2) is 13.8 Å². The van der Waals surface area contributed by atoms with Crippen LogP contribution in [0.25, 0.3) is 0 Å². The lowest BCUT2D eigenvalue weighted by atomic mass is 10.2. The molecule has 0 fully saturated rings. The fourth-order valence-electron chi connectivity index (χ4n) is 1.44. The van der Waals surface area contributed by atoms with Gasteiger partial charge >= 0.3 is 0 Å². The SMILES string of the molecule is O=C(Nc1c(Cl)cc(F)cc1Br)c1ccnc(F)c1F. The number of rotatable bonds is 2. The van der Waals surface area contributed by atoms with Crippen LogP contribution in [0.1, 0.15) is 10.4 Å². The Hall–Kier alpha value is -1.60. The number of carbonyl (C=O) groups is 1. The lowest BCUT2D eigenvalue weighted by Crippen LogP contribution is -2.15. The third kappa shape index (κ3) is 2.94. The highest BCUT2D eigenvalue weighted by Crippen LogP contribution is 2.32. The highest BCUT2D eigenvalue weighted by Gasteiger charge is 2.18. The van der Waals surface area contributed by atoms with Crippen molar-refractivity contribution in [2.24, 2.45) is 0 Å². The van der Waals surface area contributed by atoms with Crippen molar-refractivity contribution < 1.29 is 18.0 Å². The van der Waals surface area contributed by atoms with Crippen LogP contribution < -0.4 is 5.32 Å². The first kappa shape index (κ1) is 14.8. The Morgan fingerprint density at radius 1 is 1.30 bits per heavy atom. The molecule has 0 aliphatic heterocycles. The molecule has 0 spiro atoms. The molecule has 3 nitrogen and oxygen atoms in total. The summed E-state index contributed by atoms with van der Waals surface area (Å²) in [5, 5.41) is 2.19. The second-order valence-electron chi connectivity index (χ2n) is 3.66. The van der Waals surface area contributed by atoms with E-state index < -0.39 is 29.1 Å². The normalized spacial score (nSPS) is 10.4. The predicted molar refractivity (Wildman–Crippen MR) is 71.2 cm³/mol. The number of carbonyl (C=O) groups excluding carboxylic acids is 1. The van der Waals surface area contributed by atoms with E-state index in [1.54, 1.807) is 0 Å². The third-order valence-electron chi connectivity index (χ3n) is 2.34. The van der Waals surface area contributed by atoms with Gasteiger partial charge in [0.15, 0.2) is 5.82 Å². The Balaban J connectivity index is 2.36. The summed E-state index contributed by atoms with van der Waals surface area (Å²) in [6.45, 7) is 0. The fourth-order valence-corrected chi connectivity index (χ4v) is 2.33. The van der Waals surface area contributed by atoms with Gasteiger partial charge in [0.2, 0.25) is 5.95 Å². The van der Waals surface area contributed by atoms with Crippen molar-refractivity contribution in [2.45, 2.75) is 0 Å². The molecule has 0 atom stereocenters. The standard InChI is InChI=1S/C12H5BrClF3N2O/c13-7-3-5(15)4-8(14)10(7)19-12(20)6-1-2-18-11(17)9(6)16/h1-4H,(H,19,20). The minimum atomic E-state index is -1.39. The molecule has 0 radical (unpaired) electrons. The zero-order valence-electron chi connectivity index (χ0n) is 9.55. The van der Waals surface area contributed by atoms with Crippen LogP contribution in [0.5, 0.6) is 0 Å². The summed E-state index contributed by atoms with van der Waals surface area (Å²) < 4.78 is 39.6. The summed E-state index contributed by atoms with van der Waals surface area (Å²) >= 11 is 8.79. The van der Waals surface area contributed by atoms with E-state index in [0.29, 0.717) is 0 Å². The Morgan fingerprint density at radius 2 is 2.00 bits per heavy atom. The number of amides is 1. The number of hydrogen-bond acceptors (Lipinski definition) is 2. The first-order valence-corrected chi connectivity index (χ1v) is 6.33. The molecular formula is C12H5BrClF3N2O. The number of halogens is 5. The van der Waals surface area contributed by atoms with Gasteiger partial charge < -0.3 is 5.32 Å². The smallest absolute Gasteiger partial charge is 0.258 e. The van der Waals surface area contributed by atoms with E-state index in [1.807, 2.05) is 0 Å². The maximum absolute atomic E-state index is 13.4. The largest absolute Gasteiger partial charge is 0.320 e. The van der Waals surface area contributed by atoms with Crippen molar-refractivity contribution in [3.8, 4) is 0 Å². The Bertz CT molecular complexity index is 673. The van der Waals surface area contributed by atoms with Gasteiger partial charge in [-0.05, 0) is 34.1 Å². The van der Waals surface area contributed by atoms with Crippen LogP contribution in [0.4, 0.5) is 18.9 Å². The van der Waals surface area contributed by atoms with Gasteiger partial charge in [0.1, 0.15) is 5.82 Å². The van der Waals surface area contributed by atoms with E-state index in [9.17, 15) is 18.0 Å². The molecule has 0 aliphatic rings. The molecule has 1 amide bonds. The molecule has 20 heavy (non-hydrogen) atoms. The molecule has 8 heteroatoms. The molecule has 1 heterocycles. The minimum Gasteiger partial charge on any atom is -0.320 e. The van der Waals surface area contributed by atoms with Crippen molar-refractivity contribution in [2.75, 3.05) is 5.32 Å². The van der Waals surface area contributed by atoms with E-state index in [0.717, 1.165) is 24.4 Å². The Labute approximate surface area is 124 Å². The number of aromatic nitrogens is 1. The van der Waals surface area contributed by atoms with Gasteiger partial charge in [0.05, 0.1) is 16.3 Å². The molecule has 104 valence electrons. The van der Waals surface area contributed by atoms with Gasteiger partial charge in [-0.2, -0.15) is 4.39 Å². The monoisotopic (exact) mass is 364 g/mol. The second kappa shape index (κ2) is 5.80. The molecule has 0 aliphatic carbocycles. The first-order valence-electron chi connectivity index (χ1n) is 5.16. The quantitative estimate of drug-likeness (QED) is 0.812. The molecule has 1 N–H and O–H groups in total. The predicted octanol–water partition coefficient (Wildman–Crippen LogP) is 4.17. The van der Waals surface area contributed by atoms with Gasteiger partial charge in [-0.15, -0.1) is 0 Å². The van der Waals surface area contributed by atoms with Crippen molar-refractivity contribution in [3.63, 3.8) is 0 Å². The minimum absolute atomic E-state index is 0.0506. The van der Waals surface area contributed by atoms with Crippen LogP contribution in [-0.4, -0.2) is 10.9 Å². The first-order chi connectivity index (χ1) is 9.40. The molecule has 0 saturated carbocycles. The van der Waals surface area contributed by atoms with Crippen molar-refractivity contribution in [3.05, 3.63) is 57.0 Å². The van der Waals surface area contributed by atoms with Gasteiger partial charge in [-0.3, -0.25) is 4.79 Å². The molecule has 2 aromatic rings. The molecule has 1 aromatic carbocycles. The van der Waals surface area contributed by atoms with Crippen LogP contribution in [0.15, 0.2) is 28.9 Å². The molecule has 0 unspecified atom stereocenters. The van der Waals surface area contributed by atoms with E-state index >= 15 is 0 Å². The van der Waals surface area contributed by atoms with Crippen molar-refractivity contribution in [1.82, 2.24) is 4.98 Å².